The highest BCUT2D eigenvalue weighted by atomic mass is 16.2. The summed E-state index contributed by atoms with van der Waals surface area (Å²) in [6, 6.07) is 12.3. The molecule has 0 saturated carbocycles. The predicted molar refractivity (Wildman–Crippen MR) is 100 cm³/mol. The van der Waals surface area contributed by atoms with E-state index in [0.717, 1.165) is 43.3 Å². The molecule has 0 radical (unpaired) electrons. The Morgan fingerprint density at radius 1 is 1.00 bits per heavy atom. The van der Waals surface area contributed by atoms with Crippen LogP contribution in [0.4, 0.5) is 5.82 Å². The molecule has 1 aromatic carbocycles. The number of piperazine rings is 1. The number of carbonyl (C=O) groups is 1. The Morgan fingerprint density at radius 2 is 1.68 bits per heavy atom. The fraction of sp³-hybridized carbons (Fsp3) is 0.450. The molecule has 0 unspecified atom stereocenters. The van der Waals surface area contributed by atoms with Crippen LogP contribution in [-0.2, 0) is 4.79 Å². The summed E-state index contributed by atoms with van der Waals surface area (Å²) in [4.78, 5) is 16.3. The van der Waals surface area contributed by atoms with Gasteiger partial charge in [0.1, 0.15) is 0 Å². The summed E-state index contributed by atoms with van der Waals surface area (Å²) in [5.74, 6) is 1.55. The lowest BCUT2D eigenvalue weighted by Crippen LogP contribution is -2.49. The minimum absolute atomic E-state index is 0.260. The van der Waals surface area contributed by atoms with Gasteiger partial charge < -0.3 is 9.80 Å². The second kappa shape index (κ2) is 7.64. The van der Waals surface area contributed by atoms with Crippen LogP contribution in [0.15, 0.2) is 36.4 Å². The van der Waals surface area contributed by atoms with E-state index in [1.54, 1.807) is 0 Å². The minimum atomic E-state index is 0.260. The van der Waals surface area contributed by atoms with Gasteiger partial charge in [0.15, 0.2) is 5.82 Å². The van der Waals surface area contributed by atoms with Crippen molar-refractivity contribution in [2.45, 2.75) is 27.2 Å². The van der Waals surface area contributed by atoms with E-state index >= 15 is 0 Å². The molecule has 1 amide bonds. The number of rotatable bonds is 4. The highest BCUT2D eigenvalue weighted by Gasteiger charge is 2.22. The minimum Gasteiger partial charge on any atom is -0.352 e. The van der Waals surface area contributed by atoms with Crippen LogP contribution in [0.5, 0.6) is 0 Å². The Kier molecular flexibility index (Phi) is 5.31. The standard InChI is InChI=1S/C20H26N4O/c1-15(2)14-20(25)24-12-10-23(11-13-24)19-9-8-18(21-22-19)17-6-4-16(3)5-7-17/h4-9,15H,10-14H2,1-3H3. The second-order valence-electron chi connectivity index (χ2n) is 7.11. The lowest BCUT2D eigenvalue weighted by Gasteiger charge is -2.35. The molecule has 2 aromatic rings. The Hall–Kier alpha value is -2.43. The third-order valence-corrected chi connectivity index (χ3v) is 4.54. The quantitative estimate of drug-likeness (QED) is 0.859. The molecule has 1 fully saturated rings. The Balaban J connectivity index is 1.60. The third-order valence-electron chi connectivity index (χ3n) is 4.54. The van der Waals surface area contributed by atoms with Crippen molar-refractivity contribution in [2.75, 3.05) is 31.1 Å². The summed E-state index contributed by atoms with van der Waals surface area (Å²) in [7, 11) is 0. The van der Waals surface area contributed by atoms with Gasteiger partial charge in [-0.15, -0.1) is 10.2 Å². The molecule has 0 aliphatic carbocycles. The Morgan fingerprint density at radius 3 is 2.24 bits per heavy atom. The van der Waals surface area contributed by atoms with Crippen LogP contribution in [0.3, 0.4) is 0 Å². The number of aromatic nitrogens is 2. The topological polar surface area (TPSA) is 49.3 Å². The molecule has 1 aliphatic heterocycles. The van der Waals surface area contributed by atoms with Gasteiger partial charge in [-0.1, -0.05) is 43.7 Å². The van der Waals surface area contributed by atoms with Crippen LogP contribution >= 0.6 is 0 Å². The van der Waals surface area contributed by atoms with Crippen LogP contribution in [0, 0.1) is 12.8 Å². The van der Waals surface area contributed by atoms with Gasteiger partial charge in [-0.3, -0.25) is 4.79 Å². The highest BCUT2D eigenvalue weighted by Crippen LogP contribution is 2.20. The summed E-state index contributed by atoms with van der Waals surface area (Å²) >= 11 is 0. The number of hydrogen-bond acceptors (Lipinski definition) is 4. The first kappa shape index (κ1) is 17.4. The summed E-state index contributed by atoms with van der Waals surface area (Å²) in [5.41, 5.74) is 3.20. The maximum Gasteiger partial charge on any atom is 0.222 e. The van der Waals surface area contributed by atoms with Gasteiger partial charge in [0, 0.05) is 38.2 Å². The lowest BCUT2D eigenvalue weighted by atomic mass is 10.1. The fourth-order valence-electron chi connectivity index (χ4n) is 3.04. The van der Waals surface area contributed by atoms with Gasteiger partial charge in [-0.2, -0.15) is 0 Å². The van der Waals surface area contributed by atoms with E-state index in [1.165, 1.54) is 5.56 Å². The molecule has 2 heterocycles. The van der Waals surface area contributed by atoms with Gasteiger partial charge in [0.05, 0.1) is 5.69 Å². The van der Waals surface area contributed by atoms with Crippen LogP contribution < -0.4 is 4.90 Å². The number of benzene rings is 1. The van der Waals surface area contributed by atoms with Crippen LogP contribution in [0.25, 0.3) is 11.3 Å². The maximum absolute atomic E-state index is 12.2. The maximum atomic E-state index is 12.2. The molecule has 1 aliphatic rings. The summed E-state index contributed by atoms with van der Waals surface area (Å²) in [5, 5.41) is 8.77. The summed E-state index contributed by atoms with van der Waals surface area (Å²) in [6.45, 7) is 9.37. The molecule has 25 heavy (non-hydrogen) atoms. The van der Waals surface area contributed by atoms with E-state index in [4.69, 9.17) is 0 Å². The molecule has 5 heteroatoms. The van der Waals surface area contributed by atoms with E-state index in [9.17, 15) is 4.79 Å². The zero-order chi connectivity index (χ0) is 17.8. The van der Waals surface area contributed by atoms with Crippen molar-refractivity contribution in [1.29, 1.82) is 0 Å². The fourth-order valence-corrected chi connectivity index (χ4v) is 3.04. The summed E-state index contributed by atoms with van der Waals surface area (Å²) < 4.78 is 0. The molecule has 0 atom stereocenters. The lowest BCUT2D eigenvalue weighted by molar-refractivity contribution is -0.132. The van der Waals surface area contributed by atoms with E-state index in [1.807, 2.05) is 17.0 Å². The third kappa shape index (κ3) is 4.35. The SMILES string of the molecule is Cc1ccc(-c2ccc(N3CCN(C(=O)CC(C)C)CC3)nn2)cc1. The number of nitrogens with zero attached hydrogens (tertiary/aromatic N) is 4. The highest BCUT2D eigenvalue weighted by molar-refractivity contribution is 5.76. The van der Waals surface area contributed by atoms with E-state index in [0.29, 0.717) is 12.3 Å². The van der Waals surface area contributed by atoms with E-state index in [2.05, 4.69) is 60.1 Å². The van der Waals surface area contributed by atoms with Gasteiger partial charge >= 0.3 is 0 Å². The van der Waals surface area contributed by atoms with Crippen molar-refractivity contribution in [2.24, 2.45) is 5.92 Å². The van der Waals surface area contributed by atoms with Crippen molar-refractivity contribution >= 4 is 11.7 Å². The molecule has 0 spiro atoms. The van der Waals surface area contributed by atoms with Crippen molar-refractivity contribution in [3.05, 3.63) is 42.0 Å². The predicted octanol–water partition coefficient (Wildman–Crippen LogP) is 3.15. The first-order chi connectivity index (χ1) is 12.0. The average molecular weight is 338 g/mol. The van der Waals surface area contributed by atoms with Gasteiger partial charge in [0.2, 0.25) is 5.91 Å². The average Bonchev–Trinajstić information content (AvgIpc) is 2.62. The molecular weight excluding hydrogens is 312 g/mol. The molecular formula is C20H26N4O. The molecule has 5 nitrogen and oxygen atoms in total. The number of amides is 1. The largest absolute Gasteiger partial charge is 0.352 e. The van der Waals surface area contributed by atoms with E-state index < -0.39 is 0 Å². The molecule has 1 aromatic heterocycles. The van der Waals surface area contributed by atoms with Crippen LogP contribution in [0.1, 0.15) is 25.8 Å². The monoisotopic (exact) mass is 338 g/mol. The van der Waals surface area contributed by atoms with Crippen molar-refractivity contribution in [3.8, 4) is 11.3 Å². The van der Waals surface area contributed by atoms with Gasteiger partial charge in [0.25, 0.3) is 0 Å². The molecule has 0 N–H and O–H groups in total. The normalized spacial score (nSPS) is 14.9. The van der Waals surface area contributed by atoms with Gasteiger partial charge in [-0.25, -0.2) is 0 Å². The van der Waals surface area contributed by atoms with Crippen molar-refractivity contribution < 1.29 is 4.79 Å². The number of carbonyl (C=O) groups excluding carboxylic acids is 1. The van der Waals surface area contributed by atoms with E-state index in [-0.39, 0.29) is 5.91 Å². The summed E-state index contributed by atoms with van der Waals surface area (Å²) in [6.07, 6.45) is 0.630. The first-order valence-corrected chi connectivity index (χ1v) is 8.96. The molecule has 132 valence electrons. The van der Waals surface area contributed by atoms with Crippen LogP contribution in [0.2, 0.25) is 0 Å². The Bertz CT molecular complexity index is 701. The zero-order valence-corrected chi connectivity index (χ0v) is 15.3. The Labute approximate surface area is 149 Å². The van der Waals surface area contributed by atoms with Crippen molar-refractivity contribution in [3.63, 3.8) is 0 Å². The molecule has 0 bridgehead atoms. The zero-order valence-electron chi connectivity index (χ0n) is 15.3. The van der Waals surface area contributed by atoms with Crippen LogP contribution in [-0.4, -0.2) is 47.2 Å². The number of aryl methyl sites for hydroxylation is 1. The molecule has 3 rings (SSSR count). The van der Waals surface area contributed by atoms with Crippen molar-refractivity contribution in [1.82, 2.24) is 15.1 Å². The second-order valence-corrected chi connectivity index (χ2v) is 7.11. The smallest absolute Gasteiger partial charge is 0.222 e. The molecule has 1 saturated heterocycles. The van der Waals surface area contributed by atoms with Gasteiger partial charge in [-0.05, 0) is 25.0 Å². The first-order valence-electron chi connectivity index (χ1n) is 8.96. The number of anilines is 1. The number of hydrogen-bond donors (Lipinski definition) is 0.